The number of para-hydroxylation sites is 2. The molecule has 1 aliphatic heterocycles. The van der Waals surface area contributed by atoms with Crippen molar-refractivity contribution in [1.29, 1.82) is 0 Å². The molecular weight excluding hydrogens is 394 g/mol. The number of ether oxygens (including phenoxy) is 2. The van der Waals surface area contributed by atoms with Crippen LogP contribution in [0, 0.1) is 0 Å². The summed E-state index contributed by atoms with van der Waals surface area (Å²) in [7, 11) is 0. The monoisotopic (exact) mass is 413 g/mol. The number of hydrogen-bond acceptors (Lipinski definition) is 5. The van der Waals surface area contributed by atoms with Gasteiger partial charge in [0, 0.05) is 11.6 Å². The highest BCUT2D eigenvalue weighted by atomic mass is 35.5. The van der Waals surface area contributed by atoms with Crippen molar-refractivity contribution in [2.45, 2.75) is 19.6 Å². The van der Waals surface area contributed by atoms with Gasteiger partial charge < -0.3 is 14.4 Å². The van der Waals surface area contributed by atoms with Gasteiger partial charge >= 0.3 is 0 Å². The van der Waals surface area contributed by atoms with E-state index in [-0.39, 0.29) is 24.1 Å². The summed E-state index contributed by atoms with van der Waals surface area (Å²) in [5.41, 5.74) is 0.245. The standard InChI is InChI=1S/C21H20ClN3O4/c1-2-24(10-15-12-28-18-5-3-4-6-19(18)29-15)20(26)11-25-13-23-17-8-7-14(22)9-16(17)21(25)27/h3-9,13,15H,2,10-12H2,1H3/t15-/m0/s1. The van der Waals surface area contributed by atoms with Crippen molar-refractivity contribution in [3.63, 3.8) is 0 Å². The van der Waals surface area contributed by atoms with Crippen LogP contribution >= 0.6 is 11.6 Å². The molecule has 1 atom stereocenters. The van der Waals surface area contributed by atoms with E-state index in [9.17, 15) is 9.59 Å². The molecule has 0 fully saturated rings. The van der Waals surface area contributed by atoms with Crippen LogP contribution < -0.4 is 15.0 Å². The lowest BCUT2D eigenvalue weighted by Gasteiger charge is -2.31. The van der Waals surface area contributed by atoms with Crippen LogP contribution in [-0.4, -0.2) is 46.2 Å². The number of aromatic nitrogens is 2. The third-order valence-electron chi connectivity index (χ3n) is 4.82. The molecule has 1 amide bonds. The molecule has 0 bridgehead atoms. The Morgan fingerprint density at radius 2 is 2.07 bits per heavy atom. The zero-order valence-corrected chi connectivity index (χ0v) is 16.6. The van der Waals surface area contributed by atoms with Crippen molar-refractivity contribution in [2.24, 2.45) is 0 Å². The lowest BCUT2D eigenvalue weighted by Crippen LogP contribution is -2.45. The molecule has 0 aliphatic carbocycles. The highest BCUT2D eigenvalue weighted by Gasteiger charge is 2.25. The fourth-order valence-electron chi connectivity index (χ4n) is 3.30. The summed E-state index contributed by atoms with van der Waals surface area (Å²) in [5, 5.41) is 0.835. The van der Waals surface area contributed by atoms with E-state index in [1.165, 1.54) is 10.9 Å². The lowest BCUT2D eigenvalue weighted by atomic mass is 10.2. The maximum Gasteiger partial charge on any atom is 0.261 e. The molecule has 0 N–H and O–H groups in total. The minimum Gasteiger partial charge on any atom is -0.486 e. The van der Waals surface area contributed by atoms with Crippen LogP contribution in [0.15, 0.2) is 53.6 Å². The number of likely N-dealkylation sites (N-methyl/N-ethyl adjacent to an activating group) is 1. The molecule has 150 valence electrons. The van der Waals surface area contributed by atoms with E-state index in [0.29, 0.717) is 47.1 Å². The van der Waals surface area contributed by atoms with Crippen molar-refractivity contribution < 1.29 is 14.3 Å². The maximum atomic E-state index is 12.8. The number of amides is 1. The van der Waals surface area contributed by atoms with E-state index in [4.69, 9.17) is 21.1 Å². The van der Waals surface area contributed by atoms with Crippen molar-refractivity contribution in [2.75, 3.05) is 19.7 Å². The van der Waals surface area contributed by atoms with Crippen LogP contribution in [0.25, 0.3) is 10.9 Å². The van der Waals surface area contributed by atoms with Gasteiger partial charge in [-0.25, -0.2) is 4.98 Å². The van der Waals surface area contributed by atoms with Gasteiger partial charge in [0.1, 0.15) is 13.2 Å². The summed E-state index contributed by atoms with van der Waals surface area (Å²) >= 11 is 5.99. The van der Waals surface area contributed by atoms with Crippen molar-refractivity contribution in [1.82, 2.24) is 14.5 Å². The number of hydrogen-bond donors (Lipinski definition) is 0. The average molecular weight is 414 g/mol. The first-order chi connectivity index (χ1) is 14.0. The first-order valence-electron chi connectivity index (χ1n) is 9.36. The Hall–Kier alpha value is -3.06. The third-order valence-corrected chi connectivity index (χ3v) is 5.05. The topological polar surface area (TPSA) is 73.7 Å². The van der Waals surface area contributed by atoms with Crippen molar-refractivity contribution in [3.05, 3.63) is 64.2 Å². The highest BCUT2D eigenvalue weighted by Crippen LogP contribution is 2.31. The molecule has 0 unspecified atom stereocenters. The number of nitrogens with zero attached hydrogens (tertiary/aromatic N) is 3. The lowest BCUT2D eigenvalue weighted by molar-refractivity contribution is -0.133. The van der Waals surface area contributed by atoms with Crippen LogP contribution in [0.3, 0.4) is 0 Å². The zero-order valence-electron chi connectivity index (χ0n) is 15.9. The number of fused-ring (bicyclic) bond motifs is 2. The Morgan fingerprint density at radius 3 is 2.86 bits per heavy atom. The molecule has 2 heterocycles. The molecule has 8 heteroatoms. The zero-order chi connectivity index (χ0) is 20.4. The second kappa shape index (κ2) is 8.13. The summed E-state index contributed by atoms with van der Waals surface area (Å²) in [5.74, 6) is 1.17. The second-order valence-corrected chi connectivity index (χ2v) is 7.21. The second-order valence-electron chi connectivity index (χ2n) is 6.77. The normalized spacial score (nSPS) is 15.3. The molecule has 1 aromatic heterocycles. The predicted molar refractivity (Wildman–Crippen MR) is 110 cm³/mol. The molecular formula is C21H20ClN3O4. The van der Waals surface area contributed by atoms with Gasteiger partial charge in [-0.15, -0.1) is 0 Å². The number of carbonyl (C=O) groups excluding carboxylic acids is 1. The van der Waals surface area contributed by atoms with Crippen molar-refractivity contribution >= 4 is 28.4 Å². The summed E-state index contributed by atoms with van der Waals surface area (Å²) < 4.78 is 13.0. The van der Waals surface area contributed by atoms with Gasteiger partial charge in [0.25, 0.3) is 5.56 Å². The number of benzene rings is 2. The van der Waals surface area contributed by atoms with Crippen molar-refractivity contribution in [3.8, 4) is 11.5 Å². The van der Waals surface area contributed by atoms with Gasteiger partial charge in [0.15, 0.2) is 17.6 Å². The molecule has 4 rings (SSSR count). The fraction of sp³-hybridized carbons (Fsp3) is 0.286. The SMILES string of the molecule is CCN(C[C@H]1COc2ccccc2O1)C(=O)Cn1cnc2ccc(Cl)cc2c1=O. The fourth-order valence-corrected chi connectivity index (χ4v) is 3.47. The minimum absolute atomic E-state index is 0.105. The number of halogens is 1. The Labute approximate surface area is 172 Å². The first-order valence-corrected chi connectivity index (χ1v) is 9.74. The molecule has 3 aromatic rings. The first kappa shape index (κ1) is 19.3. The smallest absolute Gasteiger partial charge is 0.261 e. The predicted octanol–water partition coefficient (Wildman–Crippen LogP) is 2.74. The largest absolute Gasteiger partial charge is 0.486 e. The van der Waals surface area contributed by atoms with Crippen LogP contribution in [0.4, 0.5) is 0 Å². The number of rotatable bonds is 5. The minimum atomic E-state index is -0.298. The summed E-state index contributed by atoms with van der Waals surface area (Å²) in [4.78, 5) is 31.4. The summed E-state index contributed by atoms with van der Waals surface area (Å²) in [6, 6.07) is 12.4. The van der Waals surface area contributed by atoms with Crippen LogP contribution in [-0.2, 0) is 11.3 Å². The van der Waals surface area contributed by atoms with E-state index < -0.39 is 0 Å². The molecule has 0 radical (unpaired) electrons. The summed E-state index contributed by atoms with van der Waals surface area (Å²) in [6.07, 6.45) is 1.11. The Morgan fingerprint density at radius 1 is 1.28 bits per heavy atom. The van der Waals surface area contributed by atoms with Crippen LogP contribution in [0.5, 0.6) is 11.5 Å². The summed E-state index contributed by atoms with van der Waals surface area (Å²) in [6.45, 7) is 2.99. The Balaban J connectivity index is 1.48. The molecule has 0 saturated carbocycles. The van der Waals surface area contributed by atoms with E-state index in [1.54, 1.807) is 23.1 Å². The van der Waals surface area contributed by atoms with Gasteiger partial charge in [0.2, 0.25) is 5.91 Å². The maximum absolute atomic E-state index is 12.8. The van der Waals surface area contributed by atoms with Gasteiger partial charge in [0.05, 0.1) is 23.8 Å². The van der Waals surface area contributed by atoms with E-state index >= 15 is 0 Å². The third kappa shape index (κ3) is 4.05. The highest BCUT2D eigenvalue weighted by molar-refractivity contribution is 6.31. The molecule has 0 saturated heterocycles. The molecule has 29 heavy (non-hydrogen) atoms. The van der Waals surface area contributed by atoms with Gasteiger partial charge in [-0.1, -0.05) is 23.7 Å². The van der Waals surface area contributed by atoms with E-state index in [2.05, 4.69) is 4.98 Å². The number of carbonyl (C=O) groups is 1. The average Bonchev–Trinajstić information content (AvgIpc) is 2.74. The van der Waals surface area contributed by atoms with Gasteiger partial charge in [-0.05, 0) is 37.3 Å². The van der Waals surface area contributed by atoms with E-state index in [1.807, 2.05) is 31.2 Å². The Bertz CT molecular complexity index is 1110. The molecule has 1 aliphatic rings. The Kier molecular flexibility index (Phi) is 5.40. The molecule has 7 nitrogen and oxygen atoms in total. The van der Waals surface area contributed by atoms with E-state index in [0.717, 1.165) is 0 Å². The van der Waals surface area contributed by atoms with Crippen LogP contribution in [0.2, 0.25) is 5.02 Å². The van der Waals surface area contributed by atoms with Gasteiger partial charge in [-0.2, -0.15) is 0 Å². The molecule has 0 spiro atoms. The quantitative estimate of drug-likeness (QED) is 0.643. The van der Waals surface area contributed by atoms with Gasteiger partial charge in [-0.3, -0.25) is 14.2 Å². The van der Waals surface area contributed by atoms with Crippen LogP contribution in [0.1, 0.15) is 6.92 Å². The molecule has 2 aromatic carbocycles.